The molecule has 0 saturated heterocycles. The molecule has 0 unspecified atom stereocenters. The number of nitrogens with one attached hydrogen (secondary N) is 1. The number of anilines is 1. The van der Waals surface area contributed by atoms with E-state index in [2.05, 4.69) is 15.5 Å². The summed E-state index contributed by atoms with van der Waals surface area (Å²) in [6.07, 6.45) is 1.69. The average Bonchev–Trinajstić information content (AvgIpc) is 3.37. The van der Waals surface area contributed by atoms with E-state index in [1.54, 1.807) is 32.5 Å². The van der Waals surface area contributed by atoms with Crippen LogP contribution < -0.4 is 19.5 Å². The Hall–Kier alpha value is -4.59. The molecule has 5 rings (SSSR count). The summed E-state index contributed by atoms with van der Waals surface area (Å²) in [6.45, 7) is 8.07. The van der Waals surface area contributed by atoms with Crippen LogP contribution in [0, 0.1) is 6.92 Å². The van der Waals surface area contributed by atoms with Gasteiger partial charge in [-0.05, 0) is 59.7 Å². The summed E-state index contributed by atoms with van der Waals surface area (Å²) < 4.78 is 22.6. The number of aromatic nitrogens is 2. The third kappa shape index (κ3) is 4.72. The summed E-state index contributed by atoms with van der Waals surface area (Å²) in [5.41, 5.74) is 2.06. The van der Waals surface area contributed by atoms with Crippen LogP contribution in [0.3, 0.4) is 0 Å². The van der Waals surface area contributed by atoms with Gasteiger partial charge in [0.2, 0.25) is 0 Å². The molecule has 1 N–H and O–H groups in total. The zero-order valence-corrected chi connectivity index (χ0v) is 22.2. The van der Waals surface area contributed by atoms with Crippen molar-refractivity contribution in [2.75, 3.05) is 19.5 Å². The number of methoxy groups -OCH3 is 2. The quantitative estimate of drug-likeness (QED) is 0.261. The molecule has 194 valence electrons. The van der Waals surface area contributed by atoms with Gasteiger partial charge >= 0.3 is 0 Å². The number of aryl methyl sites for hydroxylation is 1. The summed E-state index contributed by atoms with van der Waals surface area (Å²) in [5.74, 6) is 3.25. The Morgan fingerprint density at radius 1 is 0.868 bits per heavy atom. The molecule has 0 saturated carbocycles. The molecular formula is C30H29N3O5. The summed E-state index contributed by atoms with van der Waals surface area (Å²) in [7, 11) is 3.18. The second-order valence-electron chi connectivity index (χ2n) is 10.1. The van der Waals surface area contributed by atoms with Crippen molar-refractivity contribution < 1.29 is 23.5 Å². The van der Waals surface area contributed by atoms with E-state index < -0.39 is 0 Å². The van der Waals surface area contributed by atoms with Gasteiger partial charge < -0.3 is 24.1 Å². The van der Waals surface area contributed by atoms with Gasteiger partial charge in [-0.2, -0.15) is 0 Å². The van der Waals surface area contributed by atoms with Crippen molar-refractivity contribution in [3.05, 3.63) is 77.7 Å². The van der Waals surface area contributed by atoms with Gasteiger partial charge in [0.25, 0.3) is 5.91 Å². The molecule has 0 bridgehead atoms. The summed E-state index contributed by atoms with van der Waals surface area (Å²) in [4.78, 5) is 17.6. The monoisotopic (exact) mass is 511 g/mol. The van der Waals surface area contributed by atoms with Crippen LogP contribution in [0.4, 0.5) is 5.82 Å². The number of hydrogen-bond donors (Lipinski definition) is 1. The van der Waals surface area contributed by atoms with Crippen molar-refractivity contribution in [2.45, 2.75) is 33.1 Å². The second-order valence-corrected chi connectivity index (χ2v) is 10.1. The van der Waals surface area contributed by atoms with Crippen LogP contribution in [0.15, 0.2) is 65.3 Å². The van der Waals surface area contributed by atoms with Crippen LogP contribution >= 0.6 is 0 Å². The molecule has 3 aromatic carbocycles. The maximum atomic E-state index is 13.2. The summed E-state index contributed by atoms with van der Waals surface area (Å²) in [5, 5.41) is 9.36. The van der Waals surface area contributed by atoms with E-state index in [1.807, 2.05) is 70.2 Å². The zero-order chi connectivity index (χ0) is 27.0. The highest BCUT2D eigenvalue weighted by atomic mass is 16.5. The first kappa shape index (κ1) is 25.1. The molecular weight excluding hydrogens is 482 g/mol. The lowest BCUT2D eigenvalue weighted by Crippen LogP contribution is -2.13. The Morgan fingerprint density at radius 3 is 2.34 bits per heavy atom. The molecule has 0 fully saturated rings. The number of hydrogen-bond acceptors (Lipinski definition) is 7. The zero-order valence-electron chi connectivity index (χ0n) is 22.2. The van der Waals surface area contributed by atoms with Gasteiger partial charge in [0, 0.05) is 34.7 Å². The Morgan fingerprint density at radius 2 is 1.63 bits per heavy atom. The number of amides is 1. The predicted octanol–water partition coefficient (Wildman–Crippen LogP) is 7.04. The normalized spacial score (nSPS) is 11.5. The van der Waals surface area contributed by atoms with Gasteiger partial charge in [0.15, 0.2) is 17.3 Å². The van der Waals surface area contributed by atoms with Crippen molar-refractivity contribution in [3.8, 4) is 23.0 Å². The highest BCUT2D eigenvalue weighted by molar-refractivity contribution is 6.13. The minimum atomic E-state index is -0.265. The number of ether oxygens (including phenoxy) is 3. The molecule has 0 atom stereocenters. The lowest BCUT2D eigenvalue weighted by atomic mass is 9.93. The number of fused-ring (bicyclic) bond motifs is 2. The molecule has 0 aliphatic carbocycles. The second kappa shape index (κ2) is 9.70. The molecule has 5 aromatic rings. The molecule has 0 spiro atoms. The van der Waals surface area contributed by atoms with E-state index in [1.165, 1.54) is 0 Å². The summed E-state index contributed by atoms with van der Waals surface area (Å²) >= 11 is 0. The van der Waals surface area contributed by atoms with Crippen LogP contribution in [0.1, 0.15) is 42.5 Å². The number of carbonyl (C=O) groups excluding carboxylic acids is 1. The third-order valence-electron chi connectivity index (χ3n) is 6.38. The van der Waals surface area contributed by atoms with Gasteiger partial charge in [0.1, 0.15) is 17.3 Å². The average molecular weight is 512 g/mol. The van der Waals surface area contributed by atoms with E-state index in [0.29, 0.717) is 40.1 Å². The van der Waals surface area contributed by atoms with Crippen LogP contribution in [-0.4, -0.2) is 30.3 Å². The minimum Gasteiger partial charge on any atom is -0.493 e. The van der Waals surface area contributed by atoms with Crippen molar-refractivity contribution in [1.82, 2.24) is 10.1 Å². The Bertz CT molecular complexity index is 1670. The SMILES string of the molecule is COc1cc2nccc(Oc3ccc4c(C(=O)Nc5cc(C(C)(C)C)on5)ccc(C)c4c3)c2cc1OC. The van der Waals surface area contributed by atoms with Crippen molar-refractivity contribution in [2.24, 2.45) is 0 Å². The van der Waals surface area contributed by atoms with Gasteiger partial charge in [-0.25, -0.2) is 0 Å². The van der Waals surface area contributed by atoms with Crippen molar-refractivity contribution in [1.29, 1.82) is 0 Å². The largest absolute Gasteiger partial charge is 0.493 e. The van der Waals surface area contributed by atoms with E-state index in [9.17, 15) is 4.79 Å². The highest BCUT2D eigenvalue weighted by Crippen LogP contribution is 2.38. The molecule has 8 heteroatoms. The van der Waals surface area contributed by atoms with Crippen LogP contribution in [-0.2, 0) is 5.41 Å². The smallest absolute Gasteiger partial charge is 0.257 e. The van der Waals surface area contributed by atoms with E-state index >= 15 is 0 Å². The third-order valence-corrected chi connectivity index (χ3v) is 6.38. The molecule has 2 aromatic heterocycles. The Labute approximate surface area is 220 Å². The molecule has 0 radical (unpaired) electrons. The molecule has 38 heavy (non-hydrogen) atoms. The van der Waals surface area contributed by atoms with E-state index in [-0.39, 0.29) is 11.3 Å². The molecule has 0 aliphatic rings. The van der Waals surface area contributed by atoms with Crippen LogP contribution in [0.25, 0.3) is 21.7 Å². The molecule has 0 aliphatic heterocycles. The van der Waals surface area contributed by atoms with E-state index in [4.69, 9.17) is 18.7 Å². The highest BCUT2D eigenvalue weighted by Gasteiger charge is 2.21. The lowest BCUT2D eigenvalue weighted by molar-refractivity contribution is 0.102. The van der Waals surface area contributed by atoms with Gasteiger partial charge in [-0.3, -0.25) is 9.78 Å². The number of pyridine rings is 1. The Kier molecular flexibility index (Phi) is 6.40. The lowest BCUT2D eigenvalue weighted by Gasteiger charge is -2.14. The van der Waals surface area contributed by atoms with Crippen LogP contribution in [0.2, 0.25) is 0 Å². The predicted molar refractivity (Wildman–Crippen MR) is 147 cm³/mol. The fourth-order valence-electron chi connectivity index (χ4n) is 4.27. The summed E-state index contributed by atoms with van der Waals surface area (Å²) in [6, 6.07) is 16.6. The standard InChI is InChI=1S/C30H29N3O5/c1-17-7-9-20(29(34)32-28-16-27(38-33-28)30(2,3)4)19-10-8-18(13-21(17)19)37-24-11-12-31-23-15-26(36-6)25(35-5)14-22(23)24/h7-16H,1-6H3,(H,32,33,34). The Balaban J connectivity index is 1.47. The maximum absolute atomic E-state index is 13.2. The molecule has 1 amide bonds. The molecule has 8 nitrogen and oxygen atoms in total. The van der Waals surface area contributed by atoms with Crippen molar-refractivity contribution >= 4 is 33.4 Å². The number of carbonyl (C=O) groups is 1. The first-order valence-electron chi connectivity index (χ1n) is 12.2. The van der Waals surface area contributed by atoms with Gasteiger partial charge in [0.05, 0.1) is 19.7 Å². The van der Waals surface area contributed by atoms with Crippen LogP contribution in [0.5, 0.6) is 23.0 Å². The van der Waals surface area contributed by atoms with Crippen molar-refractivity contribution in [3.63, 3.8) is 0 Å². The molecule has 2 heterocycles. The number of rotatable bonds is 6. The fraction of sp³-hybridized carbons (Fsp3) is 0.233. The topological polar surface area (TPSA) is 95.7 Å². The number of benzene rings is 3. The minimum absolute atomic E-state index is 0.208. The maximum Gasteiger partial charge on any atom is 0.257 e. The van der Waals surface area contributed by atoms with E-state index in [0.717, 1.165) is 27.2 Å². The van der Waals surface area contributed by atoms with Gasteiger partial charge in [-0.1, -0.05) is 32.0 Å². The first-order chi connectivity index (χ1) is 18.2. The fourth-order valence-corrected chi connectivity index (χ4v) is 4.27. The van der Waals surface area contributed by atoms with Gasteiger partial charge in [-0.15, -0.1) is 0 Å². The first-order valence-corrected chi connectivity index (χ1v) is 12.2. The number of nitrogens with zero attached hydrogens (tertiary/aromatic N) is 2.